The van der Waals surface area contributed by atoms with Crippen molar-refractivity contribution in [1.82, 2.24) is 14.6 Å². The van der Waals surface area contributed by atoms with Gasteiger partial charge in [0, 0.05) is 47.4 Å². The number of anilines is 1. The lowest BCUT2D eigenvalue weighted by Gasteiger charge is -2.29. The molecule has 3 heterocycles. The number of carbonyl (C=O) groups is 1. The molecule has 0 unspecified atom stereocenters. The smallest absolute Gasteiger partial charge is 0.249 e. The van der Waals surface area contributed by atoms with Crippen LogP contribution < -0.4 is 10.6 Å². The van der Waals surface area contributed by atoms with Gasteiger partial charge in [-0.25, -0.2) is 9.50 Å². The van der Waals surface area contributed by atoms with Crippen molar-refractivity contribution in [3.63, 3.8) is 0 Å². The average molecular weight is 460 g/mol. The maximum atomic E-state index is 11.9. The second-order valence-electron chi connectivity index (χ2n) is 9.77. The molecule has 2 atom stereocenters. The van der Waals surface area contributed by atoms with Gasteiger partial charge in [-0.15, -0.1) is 0 Å². The van der Waals surface area contributed by atoms with E-state index in [9.17, 15) is 4.79 Å². The molecule has 1 saturated carbocycles. The molecule has 1 saturated heterocycles. The number of piperidine rings is 1. The zero-order valence-electron chi connectivity index (χ0n) is 19.3. The Morgan fingerprint density at radius 2 is 1.71 bits per heavy atom. The fraction of sp³-hybridized carbons (Fsp3) is 0.207. The molecule has 2 aliphatic rings. The molecule has 6 nitrogen and oxygen atoms in total. The molecule has 2 aromatic heterocycles. The van der Waals surface area contributed by atoms with Gasteiger partial charge in [0.1, 0.15) is 0 Å². The number of amides is 1. The van der Waals surface area contributed by atoms with Gasteiger partial charge in [0.15, 0.2) is 5.65 Å². The Morgan fingerprint density at radius 3 is 2.49 bits per heavy atom. The van der Waals surface area contributed by atoms with Gasteiger partial charge in [-0.1, -0.05) is 42.5 Å². The van der Waals surface area contributed by atoms with E-state index in [0.29, 0.717) is 5.56 Å². The molecule has 1 aliphatic carbocycles. The van der Waals surface area contributed by atoms with Crippen molar-refractivity contribution in [2.45, 2.75) is 25.3 Å². The number of aromatic nitrogens is 3. The molecule has 172 valence electrons. The first-order valence-corrected chi connectivity index (χ1v) is 12.2. The number of hydrogen-bond acceptors (Lipinski definition) is 4. The van der Waals surface area contributed by atoms with E-state index in [1.54, 1.807) is 6.07 Å². The van der Waals surface area contributed by atoms with Crippen molar-refractivity contribution in [2.24, 2.45) is 11.7 Å². The Labute approximate surface area is 203 Å². The van der Waals surface area contributed by atoms with Crippen LogP contribution in [0.1, 0.15) is 29.6 Å². The number of carbonyl (C=O) groups excluding carboxylic acids is 1. The number of hydrogen-bond donors (Lipinski definition) is 1. The first-order chi connectivity index (χ1) is 17.2. The van der Waals surface area contributed by atoms with E-state index >= 15 is 0 Å². The summed E-state index contributed by atoms with van der Waals surface area (Å²) in [6.45, 7) is 1.20. The lowest BCUT2D eigenvalue weighted by atomic mass is 9.96. The Hall–Kier alpha value is -4.19. The molecule has 6 heteroatoms. The lowest BCUT2D eigenvalue weighted by Crippen LogP contribution is -2.31. The number of fused-ring (bicyclic) bond motifs is 4. The summed E-state index contributed by atoms with van der Waals surface area (Å²) in [6.07, 6.45) is 9.84. The summed E-state index contributed by atoms with van der Waals surface area (Å²) >= 11 is 0. The highest BCUT2D eigenvalue weighted by molar-refractivity contribution is 6.10. The summed E-state index contributed by atoms with van der Waals surface area (Å²) in [5, 5.41) is 6.39. The minimum atomic E-state index is -0.432. The van der Waals surface area contributed by atoms with E-state index in [4.69, 9.17) is 10.7 Å². The predicted octanol–water partition coefficient (Wildman–Crippen LogP) is 5.30. The Balaban J connectivity index is 1.24. The summed E-state index contributed by atoms with van der Waals surface area (Å²) in [4.78, 5) is 19.3. The highest BCUT2D eigenvalue weighted by Crippen LogP contribution is 2.40. The standard InChI is InChI=1S/C29H25N5O/c30-28(35)26-6-2-3-23-24(26)4-1-5-25(23)27-15-32-34-17-20(14-31-29(27)34)19-8-11-21(12-9-19)33-16-18-7-10-22(33)13-18/h1-6,8-9,11-12,14-15,17-18,22H,7,10,13,16H2,(H2,30,35)/t18-,22+/m0/s1. The van der Waals surface area contributed by atoms with Crippen molar-refractivity contribution >= 4 is 28.0 Å². The third-order valence-corrected chi connectivity index (χ3v) is 7.78. The first-order valence-electron chi connectivity index (χ1n) is 12.2. The maximum Gasteiger partial charge on any atom is 0.249 e. The van der Waals surface area contributed by atoms with E-state index in [1.807, 2.05) is 53.4 Å². The molecule has 2 bridgehead atoms. The minimum absolute atomic E-state index is 0.432. The van der Waals surface area contributed by atoms with Crippen LogP contribution in [0.4, 0.5) is 5.69 Å². The summed E-state index contributed by atoms with van der Waals surface area (Å²) in [5.74, 6) is 0.447. The van der Waals surface area contributed by atoms with Gasteiger partial charge >= 0.3 is 0 Å². The Morgan fingerprint density at radius 1 is 0.886 bits per heavy atom. The van der Waals surface area contributed by atoms with Crippen LogP contribution in [-0.4, -0.2) is 33.1 Å². The fourth-order valence-corrected chi connectivity index (χ4v) is 6.06. The molecule has 0 spiro atoms. The number of rotatable bonds is 4. The molecule has 2 fully saturated rings. The molecule has 5 aromatic rings. The van der Waals surface area contributed by atoms with Gasteiger partial charge in [0.2, 0.25) is 5.91 Å². The molecular formula is C29H25N5O. The van der Waals surface area contributed by atoms with Gasteiger partial charge in [0.05, 0.1) is 6.20 Å². The molecule has 1 amide bonds. The maximum absolute atomic E-state index is 11.9. The summed E-state index contributed by atoms with van der Waals surface area (Å²) in [5.41, 5.74) is 12.3. The normalized spacial score (nSPS) is 19.1. The molecule has 35 heavy (non-hydrogen) atoms. The summed E-state index contributed by atoms with van der Waals surface area (Å²) < 4.78 is 1.83. The lowest BCUT2D eigenvalue weighted by molar-refractivity contribution is 0.100. The van der Waals surface area contributed by atoms with Crippen molar-refractivity contribution in [2.75, 3.05) is 11.4 Å². The van der Waals surface area contributed by atoms with Crippen LogP contribution in [-0.2, 0) is 0 Å². The zero-order valence-corrected chi connectivity index (χ0v) is 19.3. The largest absolute Gasteiger partial charge is 0.368 e. The molecule has 3 aromatic carbocycles. The fourth-order valence-electron chi connectivity index (χ4n) is 6.06. The molecular weight excluding hydrogens is 434 g/mol. The van der Waals surface area contributed by atoms with Crippen LogP contribution in [0.3, 0.4) is 0 Å². The first kappa shape index (κ1) is 20.2. The average Bonchev–Trinajstić information content (AvgIpc) is 3.64. The molecule has 1 aliphatic heterocycles. The number of primary amides is 1. The molecule has 0 radical (unpaired) electrons. The van der Waals surface area contributed by atoms with Crippen LogP contribution in [0.5, 0.6) is 0 Å². The number of nitrogens with zero attached hydrogens (tertiary/aromatic N) is 4. The van der Waals surface area contributed by atoms with E-state index in [0.717, 1.165) is 50.6 Å². The quantitative estimate of drug-likeness (QED) is 0.395. The van der Waals surface area contributed by atoms with Gasteiger partial charge in [-0.2, -0.15) is 5.10 Å². The van der Waals surface area contributed by atoms with Crippen LogP contribution in [0.25, 0.3) is 38.7 Å². The van der Waals surface area contributed by atoms with Crippen molar-refractivity contribution < 1.29 is 4.79 Å². The van der Waals surface area contributed by atoms with Gasteiger partial charge < -0.3 is 10.6 Å². The van der Waals surface area contributed by atoms with Gasteiger partial charge in [-0.3, -0.25) is 4.79 Å². The van der Waals surface area contributed by atoms with Crippen LogP contribution in [0.2, 0.25) is 0 Å². The number of nitrogens with two attached hydrogens (primary N) is 1. The number of benzene rings is 3. The SMILES string of the molecule is NC(=O)c1cccc2c(-c3cnn4cc(-c5ccc(N6C[C@H]7CC[C@@H]6C7)cc5)cnc34)cccc12. The third kappa shape index (κ3) is 3.21. The topological polar surface area (TPSA) is 76.5 Å². The Bertz CT molecular complexity index is 1600. The van der Waals surface area contributed by atoms with Crippen LogP contribution >= 0.6 is 0 Å². The van der Waals surface area contributed by atoms with Crippen molar-refractivity contribution in [1.29, 1.82) is 0 Å². The minimum Gasteiger partial charge on any atom is -0.368 e. The summed E-state index contributed by atoms with van der Waals surface area (Å²) in [6, 6.07) is 21.1. The molecule has 2 N–H and O–H groups in total. The predicted molar refractivity (Wildman–Crippen MR) is 138 cm³/mol. The van der Waals surface area contributed by atoms with E-state index in [2.05, 4.69) is 34.3 Å². The summed E-state index contributed by atoms with van der Waals surface area (Å²) in [7, 11) is 0. The van der Waals surface area contributed by atoms with Crippen molar-refractivity contribution in [3.8, 4) is 22.3 Å². The Kier molecular flexibility index (Phi) is 4.43. The third-order valence-electron chi connectivity index (χ3n) is 7.78. The van der Waals surface area contributed by atoms with Crippen LogP contribution in [0, 0.1) is 5.92 Å². The highest BCUT2D eigenvalue weighted by atomic mass is 16.1. The monoisotopic (exact) mass is 459 g/mol. The van der Waals surface area contributed by atoms with Crippen LogP contribution in [0.15, 0.2) is 79.3 Å². The second-order valence-corrected chi connectivity index (χ2v) is 9.77. The van der Waals surface area contributed by atoms with E-state index < -0.39 is 5.91 Å². The van der Waals surface area contributed by atoms with E-state index in [1.165, 1.54) is 31.5 Å². The van der Waals surface area contributed by atoms with E-state index in [-0.39, 0.29) is 0 Å². The van der Waals surface area contributed by atoms with Gasteiger partial charge in [0.25, 0.3) is 0 Å². The van der Waals surface area contributed by atoms with Crippen molar-refractivity contribution in [3.05, 3.63) is 84.8 Å². The zero-order chi connectivity index (χ0) is 23.5. The molecule has 7 rings (SSSR count). The second kappa shape index (κ2) is 7.67. The highest BCUT2D eigenvalue weighted by Gasteiger charge is 2.37. The van der Waals surface area contributed by atoms with Gasteiger partial charge in [-0.05, 0) is 65.3 Å².